The predicted molar refractivity (Wildman–Crippen MR) is 107 cm³/mol. The van der Waals surface area contributed by atoms with E-state index in [2.05, 4.69) is 32.6 Å². The highest BCUT2D eigenvalue weighted by Gasteiger charge is 2.46. The molecule has 8 heteroatoms. The maximum absolute atomic E-state index is 11.9. The minimum Gasteiger partial charge on any atom is -0.394 e. The number of anilines is 1. The zero-order valence-corrected chi connectivity index (χ0v) is 16.6. The fraction of sp³-hybridized carbons (Fsp3) is 0.650. The lowest BCUT2D eigenvalue weighted by molar-refractivity contribution is -0.0206. The maximum atomic E-state index is 11.9. The predicted octanol–water partition coefficient (Wildman–Crippen LogP) is 0.00540. The third-order valence-corrected chi connectivity index (χ3v) is 5.38. The highest BCUT2D eigenvalue weighted by molar-refractivity contribution is 5.74. The molecular weight excluding hydrogens is 360 g/mol. The van der Waals surface area contributed by atoms with Crippen LogP contribution in [0.25, 0.3) is 0 Å². The first-order chi connectivity index (χ1) is 13.5. The quantitative estimate of drug-likeness (QED) is 0.544. The number of amides is 2. The van der Waals surface area contributed by atoms with Gasteiger partial charge in [0.25, 0.3) is 0 Å². The van der Waals surface area contributed by atoms with Gasteiger partial charge >= 0.3 is 6.03 Å². The molecule has 0 aliphatic carbocycles. The van der Waals surface area contributed by atoms with Crippen molar-refractivity contribution in [1.29, 1.82) is 0 Å². The number of carbonyl (C=O) groups is 1. The molecule has 4 atom stereocenters. The molecule has 0 aromatic heterocycles. The third-order valence-electron chi connectivity index (χ3n) is 5.38. The Labute approximate surface area is 166 Å². The van der Waals surface area contributed by atoms with Gasteiger partial charge in [-0.1, -0.05) is 18.2 Å². The Morgan fingerprint density at radius 2 is 1.86 bits per heavy atom. The molecule has 2 aliphatic heterocycles. The number of hydrogen-bond donors (Lipinski definition) is 4. The Morgan fingerprint density at radius 1 is 1.18 bits per heavy atom. The summed E-state index contributed by atoms with van der Waals surface area (Å²) in [4.78, 5) is 16.5. The summed E-state index contributed by atoms with van der Waals surface area (Å²) in [6.45, 7) is 7.11. The molecule has 1 aromatic rings. The summed E-state index contributed by atoms with van der Waals surface area (Å²) in [6, 6.07) is 9.81. The molecule has 0 bridgehead atoms. The van der Waals surface area contributed by atoms with Gasteiger partial charge in [-0.25, -0.2) is 4.79 Å². The van der Waals surface area contributed by atoms with Gasteiger partial charge in [0.1, 0.15) is 12.2 Å². The second-order valence-corrected chi connectivity index (χ2v) is 7.74. The molecule has 0 saturated carbocycles. The Morgan fingerprint density at radius 3 is 2.46 bits per heavy atom. The van der Waals surface area contributed by atoms with Gasteiger partial charge in [0.2, 0.25) is 0 Å². The van der Waals surface area contributed by atoms with E-state index in [1.54, 1.807) is 0 Å². The summed E-state index contributed by atoms with van der Waals surface area (Å²) < 4.78 is 5.86. The molecule has 4 unspecified atom stereocenters. The third kappa shape index (κ3) is 4.94. The van der Waals surface area contributed by atoms with E-state index in [0.717, 1.165) is 26.2 Å². The second kappa shape index (κ2) is 9.56. The monoisotopic (exact) mass is 392 g/mol. The number of aliphatic hydroxyl groups excluding tert-OH is 2. The van der Waals surface area contributed by atoms with E-state index < -0.39 is 12.2 Å². The number of ether oxygens (including phenoxy) is 1. The Bertz CT molecular complexity index is 622. The molecule has 156 valence electrons. The van der Waals surface area contributed by atoms with E-state index in [4.69, 9.17) is 4.74 Å². The number of benzene rings is 1. The lowest BCUT2D eigenvalue weighted by atomic mass is 10.0. The highest BCUT2D eigenvalue weighted by atomic mass is 16.5. The van der Waals surface area contributed by atoms with Gasteiger partial charge in [-0.2, -0.15) is 0 Å². The van der Waals surface area contributed by atoms with Crippen molar-refractivity contribution in [3.63, 3.8) is 0 Å². The van der Waals surface area contributed by atoms with Crippen LogP contribution >= 0.6 is 0 Å². The largest absolute Gasteiger partial charge is 0.394 e. The molecule has 0 spiro atoms. The molecule has 2 amide bonds. The first kappa shape index (κ1) is 20.9. The van der Waals surface area contributed by atoms with Crippen LogP contribution in [0, 0.1) is 0 Å². The first-order valence-electron chi connectivity index (χ1n) is 10.0. The standard InChI is InChI=1S/C20H32N4O4/c1-14(2)22-20(27)21-12-16-18(19(26)17(13-25)28-16)24-10-8-23(9-11-24)15-6-4-3-5-7-15/h3-7,14,16-19,25-26H,8-13H2,1-2H3,(H2,21,22,27). The number of rotatable bonds is 6. The average molecular weight is 393 g/mol. The SMILES string of the molecule is CC(C)NC(=O)NCC1OC(CO)C(O)C1N1CCN(c2ccccc2)CC1. The van der Waals surface area contributed by atoms with Crippen molar-refractivity contribution in [2.24, 2.45) is 0 Å². The Kier molecular flexibility index (Phi) is 7.12. The van der Waals surface area contributed by atoms with Gasteiger partial charge in [-0.15, -0.1) is 0 Å². The molecule has 2 heterocycles. The lowest BCUT2D eigenvalue weighted by Gasteiger charge is -2.41. The van der Waals surface area contributed by atoms with Crippen LogP contribution in [0.2, 0.25) is 0 Å². The van der Waals surface area contributed by atoms with Crippen molar-refractivity contribution in [1.82, 2.24) is 15.5 Å². The number of nitrogens with zero attached hydrogens (tertiary/aromatic N) is 2. The van der Waals surface area contributed by atoms with Gasteiger partial charge in [0.15, 0.2) is 0 Å². The summed E-state index contributed by atoms with van der Waals surface area (Å²) in [7, 11) is 0. The summed E-state index contributed by atoms with van der Waals surface area (Å²) >= 11 is 0. The van der Waals surface area contributed by atoms with Crippen molar-refractivity contribution < 1.29 is 19.7 Å². The van der Waals surface area contributed by atoms with Gasteiger partial charge < -0.3 is 30.5 Å². The first-order valence-corrected chi connectivity index (χ1v) is 10.0. The van der Waals surface area contributed by atoms with Crippen molar-refractivity contribution in [2.45, 2.75) is 44.2 Å². The van der Waals surface area contributed by atoms with Gasteiger partial charge in [0, 0.05) is 44.5 Å². The van der Waals surface area contributed by atoms with E-state index in [-0.39, 0.29) is 37.4 Å². The minimum atomic E-state index is -0.784. The topological polar surface area (TPSA) is 97.3 Å². The molecule has 4 N–H and O–H groups in total. The molecule has 28 heavy (non-hydrogen) atoms. The van der Waals surface area contributed by atoms with Crippen LogP contribution in [0.1, 0.15) is 13.8 Å². The fourth-order valence-corrected chi connectivity index (χ4v) is 4.02. The van der Waals surface area contributed by atoms with E-state index in [1.165, 1.54) is 5.69 Å². The van der Waals surface area contributed by atoms with Crippen molar-refractivity contribution in [3.05, 3.63) is 30.3 Å². The van der Waals surface area contributed by atoms with Crippen molar-refractivity contribution >= 4 is 11.7 Å². The van der Waals surface area contributed by atoms with Gasteiger partial charge in [0.05, 0.1) is 18.8 Å². The Balaban J connectivity index is 1.60. The van der Waals surface area contributed by atoms with E-state index in [1.807, 2.05) is 32.0 Å². The molecule has 8 nitrogen and oxygen atoms in total. The molecule has 2 fully saturated rings. The van der Waals surface area contributed by atoms with Gasteiger partial charge in [-0.3, -0.25) is 4.90 Å². The summed E-state index contributed by atoms with van der Waals surface area (Å²) in [5.41, 5.74) is 1.20. The molecular formula is C20H32N4O4. The molecule has 2 saturated heterocycles. The number of urea groups is 1. The number of hydrogen-bond acceptors (Lipinski definition) is 6. The van der Waals surface area contributed by atoms with E-state index >= 15 is 0 Å². The van der Waals surface area contributed by atoms with Crippen LogP contribution in [0.15, 0.2) is 30.3 Å². The van der Waals surface area contributed by atoms with Crippen LogP contribution in [-0.2, 0) is 4.74 Å². The number of aliphatic hydroxyl groups is 2. The minimum absolute atomic E-state index is 0.0436. The maximum Gasteiger partial charge on any atom is 0.315 e. The zero-order valence-electron chi connectivity index (χ0n) is 16.6. The second-order valence-electron chi connectivity index (χ2n) is 7.74. The zero-order chi connectivity index (χ0) is 20.1. The number of para-hydroxylation sites is 1. The van der Waals surface area contributed by atoms with Crippen LogP contribution < -0.4 is 15.5 Å². The Hall–Kier alpha value is -1.87. The van der Waals surface area contributed by atoms with E-state index in [0.29, 0.717) is 0 Å². The summed E-state index contributed by atoms with van der Waals surface area (Å²) in [5, 5.41) is 25.8. The molecule has 2 aliphatic rings. The van der Waals surface area contributed by atoms with Crippen LogP contribution in [0.3, 0.4) is 0 Å². The fourth-order valence-electron chi connectivity index (χ4n) is 4.02. The highest BCUT2D eigenvalue weighted by Crippen LogP contribution is 2.27. The smallest absolute Gasteiger partial charge is 0.315 e. The molecule has 3 rings (SSSR count). The lowest BCUT2D eigenvalue weighted by Crippen LogP contribution is -2.58. The normalized spacial score (nSPS) is 28.5. The summed E-state index contributed by atoms with van der Waals surface area (Å²) in [5.74, 6) is 0. The number of nitrogens with one attached hydrogen (secondary N) is 2. The van der Waals surface area contributed by atoms with E-state index in [9.17, 15) is 15.0 Å². The number of piperazine rings is 1. The van der Waals surface area contributed by atoms with Crippen LogP contribution in [0.5, 0.6) is 0 Å². The summed E-state index contributed by atoms with van der Waals surface area (Å²) in [6.07, 6.45) is -1.78. The van der Waals surface area contributed by atoms with Crippen LogP contribution in [-0.4, -0.2) is 90.9 Å². The number of carbonyl (C=O) groups excluding carboxylic acids is 1. The molecule has 1 aromatic carbocycles. The van der Waals surface area contributed by atoms with Crippen LogP contribution in [0.4, 0.5) is 10.5 Å². The van der Waals surface area contributed by atoms with Crippen molar-refractivity contribution in [3.8, 4) is 0 Å². The average Bonchev–Trinajstić information content (AvgIpc) is 3.02. The van der Waals surface area contributed by atoms with Crippen molar-refractivity contribution in [2.75, 3.05) is 44.2 Å². The van der Waals surface area contributed by atoms with Gasteiger partial charge in [-0.05, 0) is 26.0 Å². The molecule has 0 radical (unpaired) electrons.